The van der Waals surface area contributed by atoms with Gasteiger partial charge in [-0.1, -0.05) is 20.8 Å². The van der Waals surface area contributed by atoms with Crippen LogP contribution in [0.3, 0.4) is 0 Å². The summed E-state index contributed by atoms with van der Waals surface area (Å²) in [5.41, 5.74) is 1.07. The first-order chi connectivity index (χ1) is 6.66. The third-order valence-electron chi connectivity index (χ3n) is 1.64. The number of hydrogen-bond donors (Lipinski definition) is 2. The minimum absolute atomic E-state index is 0.148. The van der Waals surface area contributed by atoms with E-state index in [0.29, 0.717) is 5.82 Å². The summed E-state index contributed by atoms with van der Waals surface area (Å²) in [6, 6.07) is 1.71. The molecule has 15 heavy (non-hydrogen) atoms. The molecule has 0 atom stereocenters. The van der Waals surface area contributed by atoms with Crippen molar-refractivity contribution in [3.8, 4) is 0 Å². The molecule has 0 aliphatic carbocycles. The highest BCUT2D eigenvalue weighted by molar-refractivity contribution is 7.92. The monoisotopic (exact) mass is 231 g/mol. The van der Waals surface area contributed by atoms with Gasteiger partial charge >= 0.3 is 0 Å². The predicted molar refractivity (Wildman–Crippen MR) is 60.2 cm³/mol. The third kappa shape index (κ3) is 4.83. The Hall–Kier alpha value is -1.04. The van der Waals surface area contributed by atoms with E-state index in [2.05, 4.69) is 35.7 Å². The first-order valence-corrected chi connectivity index (χ1v) is 6.57. The van der Waals surface area contributed by atoms with Crippen molar-refractivity contribution in [1.29, 1.82) is 0 Å². The Bertz CT molecular complexity index is 428. The molecule has 0 amide bonds. The van der Waals surface area contributed by atoms with Gasteiger partial charge in [0.15, 0.2) is 5.82 Å². The van der Waals surface area contributed by atoms with E-state index in [9.17, 15) is 8.42 Å². The maximum absolute atomic E-state index is 10.9. The van der Waals surface area contributed by atoms with E-state index < -0.39 is 10.0 Å². The lowest BCUT2D eigenvalue weighted by Gasteiger charge is -2.15. The summed E-state index contributed by atoms with van der Waals surface area (Å²) in [7, 11) is -3.24. The van der Waals surface area contributed by atoms with Crippen molar-refractivity contribution in [3.05, 3.63) is 11.8 Å². The van der Waals surface area contributed by atoms with Crippen molar-refractivity contribution in [2.75, 3.05) is 11.0 Å². The third-order valence-corrected chi connectivity index (χ3v) is 2.22. The molecule has 1 heterocycles. The van der Waals surface area contributed by atoms with Crippen molar-refractivity contribution >= 4 is 15.8 Å². The summed E-state index contributed by atoms with van der Waals surface area (Å²) in [4.78, 5) is 0. The van der Waals surface area contributed by atoms with Gasteiger partial charge in [0, 0.05) is 11.8 Å². The molecule has 0 saturated carbocycles. The Kier molecular flexibility index (Phi) is 3.08. The van der Waals surface area contributed by atoms with E-state index in [-0.39, 0.29) is 5.41 Å². The average molecular weight is 231 g/mol. The molecule has 0 unspecified atom stereocenters. The summed E-state index contributed by atoms with van der Waals surface area (Å²) in [5.74, 6) is 0.344. The van der Waals surface area contributed by atoms with Crippen molar-refractivity contribution < 1.29 is 8.42 Å². The van der Waals surface area contributed by atoms with Crippen LogP contribution in [0.15, 0.2) is 6.07 Å². The molecular formula is C9H17N3O2S. The number of aromatic nitrogens is 2. The molecule has 0 saturated heterocycles. The Morgan fingerprint density at radius 3 is 2.53 bits per heavy atom. The maximum atomic E-state index is 10.9. The van der Waals surface area contributed by atoms with Gasteiger partial charge in [-0.25, -0.2) is 8.42 Å². The summed E-state index contributed by atoms with van der Waals surface area (Å²) < 4.78 is 24.2. The first kappa shape index (κ1) is 12.0. The molecule has 0 aromatic carbocycles. The van der Waals surface area contributed by atoms with Crippen LogP contribution >= 0.6 is 0 Å². The molecule has 2 N–H and O–H groups in total. The van der Waals surface area contributed by atoms with E-state index in [4.69, 9.17) is 0 Å². The van der Waals surface area contributed by atoms with Crippen LogP contribution in [0.25, 0.3) is 0 Å². The molecule has 1 aromatic heterocycles. The number of sulfonamides is 1. The molecule has 0 aliphatic heterocycles. The van der Waals surface area contributed by atoms with Gasteiger partial charge in [0.1, 0.15) is 0 Å². The molecule has 1 aromatic rings. The number of anilines is 1. The van der Waals surface area contributed by atoms with Crippen LogP contribution in [0.2, 0.25) is 0 Å². The smallest absolute Gasteiger partial charge is 0.231 e. The van der Waals surface area contributed by atoms with Crippen molar-refractivity contribution in [2.45, 2.75) is 27.2 Å². The van der Waals surface area contributed by atoms with Gasteiger partial charge in [0.05, 0.1) is 6.26 Å². The van der Waals surface area contributed by atoms with Gasteiger partial charge in [-0.3, -0.25) is 9.82 Å². The van der Waals surface area contributed by atoms with E-state index in [1.807, 2.05) is 0 Å². The first-order valence-electron chi connectivity index (χ1n) is 4.68. The van der Waals surface area contributed by atoms with Crippen LogP contribution in [0.5, 0.6) is 0 Å². The van der Waals surface area contributed by atoms with E-state index in [0.717, 1.165) is 18.4 Å². The number of nitrogens with zero attached hydrogens (tertiary/aromatic N) is 1. The SMILES string of the molecule is CC(C)(C)Cc1cc(NS(C)(=O)=O)n[nH]1. The summed E-state index contributed by atoms with van der Waals surface area (Å²) in [6.07, 6.45) is 1.93. The van der Waals surface area contributed by atoms with E-state index >= 15 is 0 Å². The lowest BCUT2D eigenvalue weighted by molar-refractivity contribution is 0.406. The van der Waals surface area contributed by atoms with E-state index in [1.165, 1.54) is 0 Å². The Balaban J connectivity index is 2.73. The lowest BCUT2D eigenvalue weighted by atomic mass is 9.91. The molecule has 0 fully saturated rings. The summed E-state index contributed by atoms with van der Waals surface area (Å²) in [5, 5.41) is 6.68. The average Bonchev–Trinajstić information content (AvgIpc) is 2.28. The minimum Gasteiger partial charge on any atom is -0.280 e. The number of aromatic amines is 1. The van der Waals surface area contributed by atoms with Crippen LogP contribution in [-0.2, 0) is 16.4 Å². The fraction of sp³-hybridized carbons (Fsp3) is 0.667. The Morgan fingerprint density at radius 1 is 1.47 bits per heavy atom. The fourth-order valence-electron chi connectivity index (χ4n) is 1.27. The topological polar surface area (TPSA) is 74.8 Å². The van der Waals surface area contributed by atoms with Crippen LogP contribution in [0.1, 0.15) is 26.5 Å². The summed E-state index contributed by atoms with van der Waals surface area (Å²) >= 11 is 0. The number of H-pyrrole nitrogens is 1. The van der Waals surface area contributed by atoms with Crippen LogP contribution in [0.4, 0.5) is 5.82 Å². The van der Waals surface area contributed by atoms with Gasteiger partial charge < -0.3 is 0 Å². The standard InChI is InChI=1S/C9H17N3O2S/c1-9(2,3)6-7-5-8(11-10-7)12-15(4,13)14/h5H,6H2,1-4H3,(H2,10,11,12). The molecule has 0 spiro atoms. The number of rotatable bonds is 3. The molecule has 0 radical (unpaired) electrons. The minimum atomic E-state index is -3.24. The summed E-state index contributed by atoms with van der Waals surface area (Å²) in [6.45, 7) is 6.33. The Morgan fingerprint density at radius 2 is 2.07 bits per heavy atom. The predicted octanol–water partition coefficient (Wildman–Crippen LogP) is 1.37. The van der Waals surface area contributed by atoms with Gasteiger partial charge in [-0.2, -0.15) is 5.10 Å². The molecular weight excluding hydrogens is 214 g/mol. The highest BCUT2D eigenvalue weighted by Crippen LogP contribution is 2.20. The highest BCUT2D eigenvalue weighted by Gasteiger charge is 2.14. The quantitative estimate of drug-likeness (QED) is 0.825. The zero-order valence-corrected chi connectivity index (χ0v) is 10.3. The van der Waals surface area contributed by atoms with Gasteiger partial charge in [0.2, 0.25) is 10.0 Å². The molecule has 0 bridgehead atoms. The second-order valence-corrected chi connectivity index (χ2v) is 6.64. The zero-order chi connectivity index (χ0) is 11.7. The maximum Gasteiger partial charge on any atom is 0.231 e. The zero-order valence-electron chi connectivity index (χ0n) is 9.46. The van der Waals surface area contributed by atoms with E-state index in [1.54, 1.807) is 6.07 Å². The van der Waals surface area contributed by atoms with Crippen molar-refractivity contribution in [2.24, 2.45) is 5.41 Å². The largest absolute Gasteiger partial charge is 0.280 e. The molecule has 1 rings (SSSR count). The molecule has 0 aliphatic rings. The Labute approximate surface area is 90.3 Å². The van der Waals surface area contributed by atoms with Crippen molar-refractivity contribution in [1.82, 2.24) is 10.2 Å². The fourth-order valence-corrected chi connectivity index (χ4v) is 1.75. The number of hydrogen-bond acceptors (Lipinski definition) is 3. The second kappa shape index (κ2) is 3.84. The second-order valence-electron chi connectivity index (χ2n) is 4.89. The van der Waals surface area contributed by atoms with Gasteiger partial charge in [0.25, 0.3) is 0 Å². The molecule has 86 valence electrons. The highest BCUT2D eigenvalue weighted by atomic mass is 32.2. The lowest BCUT2D eigenvalue weighted by Crippen LogP contribution is -2.10. The van der Waals surface area contributed by atoms with Crippen LogP contribution < -0.4 is 4.72 Å². The van der Waals surface area contributed by atoms with Gasteiger partial charge in [-0.15, -0.1) is 0 Å². The molecule has 5 nitrogen and oxygen atoms in total. The van der Waals surface area contributed by atoms with Crippen molar-refractivity contribution in [3.63, 3.8) is 0 Å². The van der Waals surface area contributed by atoms with Gasteiger partial charge in [-0.05, 0) is 11.8 Å². The van der Waals surface area contributed by atoms with Crippen LogP contribution in [-0.4, -0.2) is 24.9 Å². The normalized spacial score (nSPS) is 12.8. The van der Waals surface area contributed by atoms with Crippen LogP contribution in [0, 0.1) is 5.41 Å². The molecule has 6 heteroatoms. The number of nitrogens with one attached hydrogen (secondary N) is 2.